The first kappa shape index (κ1) is 14.4. The smallest absolute Gasteiger partial charge is 0.149 e. The van der Waals surface area contributed by atoms with Crippen molar-refractivity contribution in [2.75, 3.05) is 13.2 Å². The van der Waals surface area contributed by atoms with Gasteiger partial charge in [-0.25, -0.2) is 0 Å². The number of nitrogens with zero attached hydrogens (tertiary/aromatic N) is 3. The van der Waals surface area contributed by atoms with Crippen molar-refractivity contribution >= 4 is 0 Å². The van der Waals surface area contributed by atoms with Gasteiger partial charge in [0.25, 0.3) is 0 Å². The van der Waals surface area contributed by atoms with Gasteiger partial charge in [-0.15, -0.1) is 10.2 Å². The first-order chi connectivity index (χ1) is 9.16. The summed E-state index contributed by atoms with van der Waals surface area (Å²) < 4.78 is 7.56. The molecule has 1 saturated carbocycles. The maximum atomic E-state index is 9.89. The van der Waals surface area contributed by atoms with Crippen molar-refractivity contribution < 1.29 is 9.84 Å². The fourth-order valence-corrected chi connectivity index (χ4v) is 2.45. The molecule has 1 aliphatic carbocycles. The van der Waals surface area contributed by atoms with Gasteiger partial charge in [0, 0.05) is 13.6 Å². The number of nitrogens with one attached hydrogen (secondary N) is 1. The molecule has 108 valence electrons. The fourth-order valence-electron chi connectivity index (χ4n) is 2.45. The van der Waals surface area contributed by atoms with Gasteiger partial charge in [-0.05, 0) is 19.8 Å². The number of aliphatic hydroxyl groups excluding tert-OH is 1. The second-order valence-electron chi connectivity index (χ2n) is 5.32. The van der Waals surface area contributed by atoms with Crippen LogP contribution in [0.5, 0.6) is 0 Å². The predicted molar refractivity (Wildman–Crippen MR) is 71.6 cm³/mol. The van der Waals surface area contributed by atoms with Gasteiger partial charge in [-0.3, -0.25) is 0 Å². The van der Waals surface area contributed by atoms with Crippen molar-refractivity contribution in [1.29, 1.82) is 0 Å². The van der Waals surface area contributed by atoms with Gasteiger partial charge < -0.3 is 19.7 Å². The standard InChI is InChI=1S/C13H24N4O2/c1-10(13-16-15-9-17(13)2)14-7-11(18)8-19-12-5-3-4-6-12/h9-12,14,18H,3-8H2,1-2H3. The van der Waals surface area contributed by atoms with Gasteiger partial charge in [0.1, 0.15) is 12.2 Å². The van der Waals surface area contributed by atoms with Crippen LogP contribution in [-0.2, 0) is 11.8 Å². The Morgan fingerprint density at radius 2 is 2.26 bits per heavy atom. The number of aryl methyl sites for hydroxylation is 1. The molecule has 1 aromatic heterocycles. The van der Waals surface area contributed by atoms with Gasteiger partial charge in [-0.1, -0.05) is 12.8 Å². The molecule has 1 aliphatic rings. The summed E-state index contributed by atoms with van der Waals surface area (Å²) in [6.07, 6.45) is 6.32. The lowest BCUT2D eigenvalue weighted by molar-refractivity contribution is -0.00619. The molecular formula is C13H24N4O2. The Hall–Kier alpha value is -0.980. The maximum Gasteiger partial charge on any atom is 0.149 e. The molecule has 6 heteroatoms. The third kappa shape index (κ3) is 4.26. The lowest BCUT2D eigenvalue weighted by Gasteiger charge is -2.18. The van der Waals surface area contributed by atoms with Crippen LogP contribution in [-0.4, -0.2) is 45.2 Å². The molecule has 19 heavy (non-hydrogen) atoms. The predicted octanol–water partition coefficient (Wildman–Crippen LogP) is 0.786. The molecule has 0 aliphatic heterocycles. The fraction of sp³-hybridized carbons (Fsp3) is 0.846. The molecule has 1 fully saturated rings. The Morgan fingerprint density at radius 3 is 2.89 bits per heavy atom. The summed E-state index contributed by atoms with van der Waals surface area (Å²) in [5, 5.41) is 21.0. The molecule has 0 aromatic carbocycles. The molecule has 1 heterocycles. The van der Waals surface area contributed by atoms with Crippen LogP contribution in [0.25, 0.3) is 0 Å². The van der Waals surface area contributed by atoms with E-state index >= 15 is 0 Å². The largest absolute Gasteiger partial charge is 0.389 e. The summed E-state index contributed by atoms with van der Waals surface area (Å²) in [6.45, 7) is 2.92. The number of hydrogen-bond donors (Lipinski definition) is 2. The van der Waals surface area contributed by atoms with Gasteiger partial charge >= 0.3 is 0 Å². The van der Waals surface area contributed by atoms with Crippen LogP contribution in [0.4, 0.5) is 0 Å². The summed E-state index contributed by atoms with van der Waals surface area (Å²) in [4.78, 5) is 0. The van der Waals surface area contributed by atoms with Crippen LogP contribution in [0.2, 0.25) is 0 Å². The second kappa shape index (κ2) is 6.98. The van der Waals surface area contributed by atoms with Crippen molar-refractivity contribution in [1.82, 2.24) is 20.1 Å². The van der Waals surface area contributed by atoms with Crippen molar-refractivity contribution in [3.05, 3.63) is 12.2 Å². The summed E-state index contributed by atoms with van der Waals surface area (Å²) in [7, 11) is 1.91. The van der Waals surface area contributed by atoms with Crippen molar-refractivity contribution in [3.8, 4) is 0 Å². The third-order valence-electron chi connectivity index (χ3n) is 3.62. The normalized spacial score (nSPS) is 19.7. The van der Waals surface area contributed by atoms with E-state index in [9.17, 15) is 5.11 Å². The minimum atomic E-state index is -0.476. The molecule has 0 bridgehead atoms. The molecule has 0 amide bonds. The molecule has 2 N–H and O–H groups in total. The van der Waals surface area contributed by atoms with E-state index in [0.29, 0.717) is 19.3 Å². The SMILES string of the molecule is CC(NCC(O)COC1CCCC1)c1nncn1C. The van der Waals surface area contributed by atoms with E-state index in [1.165, 1.54) is 12.8 Å². The molecule has 2 rings (SSSR count). The Kier molecular flexibility index (Phi) is 5.30. The first-order valence-electron chi connectivity index (χ1n) is 7.03. The summed E-state index contributed by atoms with van der Waals surface area (Å²) in [5.74, 6) is 0.865. The van der Waals surface area contributed by atoms with Crippen molar-refractivity contribution in [2.45, 2.75) is 50.9 Å². The molecule has 1 aromatic rings. The van der Waals surface area contributed by atoms with Crippen LogP contribution in [0.15, 0.2) is 6.33 Å². The molecule has 6 nitrogen and oxygen atoms in total. The topological polar surface area (TPSA) is 72.2 Å². The number of ether oxygens (including phenoxy) is 1. The summed E-state index contributed by atoms with van der Waals surface area (Å²) in [6, 6.07) is 0.0635. The van der Waals surface area contributed by atoms with Crippen LogP contribution in [0.1, 0.15) is 44.5 Å². The first-order valence-corrected chi connectivity index (χ1v) is 7.03. The van der Waals surface area contributed by atoms with Crippen molar-refractivity contribution in [3.63, 3.8) is 0 Å². The van der Waals surface area contributed by atoms with E-state index in [2.05, 4.69) is 15.5 Å². The van der Waals surface area contributed by atoms with Crippen LogP contribution < -0.4 is 5.32 Å². The maximum absolute atomic E-state index is 9.89. The highest BCUT2D eigenvalue weighted by molar-refractivity contribution is 4.92. The minimum Gasteiger partial charge on any atom is -0.389 e. The van der Waals surface area contributed by atoms with Gasteiger partial charge in [0.05, 0.1) is 24.9 Å². The van der Waals surface area contributed by atoms with Gasteiger partial charge in [-0.2, -0.15) is 0 Å². The quantitative estimate of drug-likeness (QED) is 0.765. The van der Waals surface area contributed by atoms with E-state index < -0.39 is 6.10 Å². The average Bonchev–Trinajstić information content (AvgIpc) is 3.04. The highest BCUT2D eigenvalue weighted by Crippen LogP contribution is 2.20. The number of hydrogen-bond acceptors (Lipinski definition) is 5. The Morgan fingerprint density at radius 1 is 1.53 bits per heavy atom. The summed E-state index contributed by atoms with van der Waals surface area (Å²) >= 11 is 0. The van der Waals surface area contributed by atoms with E-state index in [4.69, 9.17) is 4.74 Å². The van der Waals surface area contributed by atoms with Crippen LogP contribution >= 0.6 is 0 Å². The Labute approximate surface area is 114 Å². The number of aromatic nitrogens is 3. The highest BCUT2D eigenvalue weighted by atomic mass is 16.5. The van der Waals surface area contributed by atoms with Crippen LogP contribution in [0.3, 0.4) is 0 Å². The molecular weight excluding hydrogens is 244 g/mol. The van der Waals surface area contributed by atoms with Crippen molar-refractivity contribution in [2.24, 2.45) is 7.05 Å². The monoisotopic (exact) mass is 268 g/mol. The molecule has 0 spiro atoms. The lowest BCUT2D eigenvalue weighted by Crippen LogP contribution is -2.34. The summed E-state index contributed by atoms with van der Waals surface area (Å²) in [5.41, 5.74) is 0. The Bertz CT molecular complexity index is 376. The van der Waals surface area contributed by atoms with E-state index in [1.807, 2.05) is 18.5 Å². The lowest BCUT2D eigenvalue weighted by atomic mass is 10.2. The van der Waals surface area contributed by atoms with Gasteiger partial charge in [0.2, 0.25) is 0 Å². The zero-order valence-corrected chi connectivity index (χ0v) is 11.7. The van der Waals surface area contributed by atoms with E-state index in [0.717, 1.165) is 18.7 Å². The molecule has 0 radical (unpaired) electrons. The van der Waals surface area contributed by atoms with Crippen LogP contribution in [0, 0.1) is 0 Å². The number of rotatable bonds is 7. The molecule has 2 atom stereocenters. The Balaban J connectivity index is 1.65. The second-order valence-corrected chi connectivity index (χ2v) is 5.32. The zero-order chi connectivity index (χ0) is 13.7. The average molecular weight is 268 g/mol. The van der Waals surface area contributed by atoms with E-state index in [-0.39, 0.29) is 6.04 Å². The van der Waals surface area contributed by atoms with Gasteiger partial charge in [0.15, 0.2) is 0 Å². The van der Waals surface area contributed by atoms with E-state index in [1.54, 1.807) is 6.33 Å². The minimum absolute atomic E-state index is 0.0635. The zero-order valence-electron chi connectivity index (χ0n) is 11.7. The third-order valence-corrected chi connectivity index (χ3v) is 3.62. The number of aliphatic hydroxyl groups is 1. The molecule has 2 unspecified atom stereocenters. The highest BCUT2D eigenvalue weighted by Gasteiger charge is 2.18. The molecule has 0 saturated heterocycles.